The molecule has 0 fully saturated rings. The van der Waals surface area contributed by atoms with Gasteiger partial charge in [0.1, 0.15) is 6.61 Å². The van der Waals surface area contributed by atoms with Gasteiger partial charge in [-0.2, -0.15) is 9.78 Å². The Hall–Kier alpha value is -2.14. The number of hydrogen-bond acceptors (Lipinski definition) is 4. The lowest BCUT2D eigenvalue weighted by molar-refractivity contribution is 0.137. The van der Waals surface area contributed by atoms with Crippen LogP contribution in [0, 0.1) is 0 Å². The van der Waals surface area contributed by atoms with Gasteiger partial charge in [-0.3, -0.25) is 0 Å². The monoisotopic (exact) mass is 299 g/mol. The van der Waals surface area contributed by atoms with Gasteiger partial charge in [-0.1, -0.05) is 37.3 Å². The number of likely N-dealkylation sites (N-methyl/N-ethyl adjacent to an activating group) is 1. The van der Waals surface area contributed by atoms with Gasteiger partial charge >= 0.3 is 6.09 Å². The summed E-state index contributed by atoms with van der Waals surface area (Å²) in [4.78, 5) is 12.1. The Morgan fingerprint density at radius 3 is 3.00 bits per heavy atom. The predicted molar refractivity (Wildman–Crippen MR) is 83.7 cm³/mol. The molecule has 0 saturated carbocycles. The van der Waals surface area contributed by atoms with Gasteiger partial charge in [0.25, 0.3) is 0 Å². The second kappa shape index (κ2) is 6.75. The van der Waals surface area contributed by atoms with Crippen LogP contribution in [0.5, 0.6) is 0 Å². The minimum Gasteiger partial charge on any atom is -0.443 e. The molecule has 0 amide bonds. The number of benzene rings is 1. The molecule has 5 heteroatoms. The van der Waals surface area contributed by atoms with E-state index in [1.54, 1.807) is 0 Å². The van der Waals surface area contributed by atoms with Gasteiger partial charge in [0, 0.05) is 12.2 Å². The number of nitrogens with zero attached hydrogens (tertiary/aromatic N) is 2. The maximum Gasteiger partial charge on any atom is 0.435 e. The third-order valence-corrected chi connectivity index (χ3v) is 3.96. The van der Waals surface area contributed by atoms with Crippen LogP contribution < -0.4 is 5.32 Å². The number of rotatable bonds is 4. The number of ether oxygens (including phenoxy) is 1. The van der Waals surface area contributed by atoms with E-state index in [0.29, 0.717) is 6.04 Å². The van der Waals surface area contributed by atoms with Crippen LogP contribution in [-0.2, 0) is 24.2 Å². The Kier molecular flexibility index (Phi) is 4.53. The Morgan fingerprint density at radius 1 is 1.41 bits per heavy atom. The Labute approximate surface area is 130 Å². The summed E-state index contributed by atoms with van der Waals surface area (Å²) in [5.74, 6) is 0. The summed E-state index contributed by atoms with van der Waals surface area (Å²) in [7, 11) is 0. The van der Waals surface area contributed by atoms with Crippen molar-refractivity contribution >= 4 is 6.09 Å². The van der Waals surface area contributed by atoms with Crippen molar-refractivity contribution in [3.05, 3.63) is 53.3 Å². The lowest BCUT2D eigenvalue weighted by atomic mass is 9.94. The van der Waals surface area contributed by atoms with Crippen LogP contribution in [0.4, 0.5) is 4.79 Å². The number of fused-ring (bicyclic) bond motifs is 1. The fourth-order valence-electron chi connectivity index (χ4n) is 2.85. The van der Waals surface area contributed by atoms with Crippen LogP contribution >= 0.6 is 0 Å². The molecule has 116 valence electrons. The average Bonchev–Trinajstić information content (AvgIpc) is 2.97. The summed E-state index contributed by atoms with van der Waals surface area (Å²) in [5.41, 5.74) is 3.14. The quantitative estimate of drug-likeness (QED) is 0.942. The third-order valence-electron chi connectivity index (χ3n) is 3.96. The van der Waals surface area contributed by atoms with Gasteiger partial charge in [-0.25, -0.2) is 4.79 Å². The first-order valence-electron chi connectivity index (χ1n) is 7.78. The molecule has 2 aromatic rings. The fourth-order valence-corrected chi connectivity index (χ4v) is 2.85. The summed E-state index contributed by atoms with van der Waals surface area (Å²) in [6.45, 7) is 3.34. The molecule has 1 aliphatic rings. The van der Waals surface area contributed by atoms with E-state index in [2.05, 4.69) is 17.3 Å². The van der Waals surface area contributed by atoms with Crippen LogP contribution in [0.1, 0.15) is 30.2 Å². The number of carbonyl (C=O) groups excluding carboxylic acids is 1. The van der Waals surface area contributed by atoms with Crippen molar-refractivity contribution in [2.75, 3.05) is 6.54 Å². The molecular weight excluding hydrogens is 278 g/mol. The van der Waals surface area contributed by atoms with Gasteiger partial charge in [-0.05, 0) is 36.9 Å². The standard InChI is InChI=1S/C17H21N3O2/c1-2-18-15-8-9-16-14(10-15)11-20(19-16)17(21)22-12-13-6-4-3-5-7-13/h3-7,11,15,18H,2,8-10,12H2,1H3. The van der Waals surface area contributed by atoms with E-state index in [-0.39, 0.29) is 6.61 Å². The molecule has 1 N–H and O–H groups in total. The van der Waals surface area contributed by atoms with Crippen LogP contribution in [0.15, 0.2) is 36.5 Å². The van der Waals surface area contributed by atoms with Gasteiger partial charge in [0.15, 0.2) is 0 Å². The van der Waals surface area contributed by atoms with E-state index in [9.17, 15) is 4.79 Å². The van der Waals surface area contributed by atoms with Crippen LogP contribution in [0.25, 0.3) is 0 Å². The highest BCUT2D eigenvalue weighted by molar-refractivity contribution is 5.69. The number of carbonyl (C=O) groups is 1. The van der Waals surface area contributed by atoms with E-state index in [4.69, 9.17) is 4.74 Å². The first kappa shape index (κ1) is 14.8. The smallest absolute Gasteiger partial charge is 0.435 e. The summed E-state index contributed by atoms with van der Waals surface area (Å²) >= 11 is 0. The minimum atomic E-state index is -0.418. The molecule has 3 rings (SSSR count). The Balaban J connectivity index is 1.62. The van der Waals surface area contributed by atoms with Crippen molar-refractivity contribution in [1.29, 1.82) is 0 Å². The van der Waals surface area contributed by atoms with Crippen molar-refractivity contribution < 1.29 is 9.53 Å². The molecular formula is C17H21N3O2. The normalized spacial score (nSPS) is 17.0. The zero-order valence-electron chi connectivity index (χ0n) is 12.8. The molecule has 1 heterocycles. The van der Waals surface area contributed by atoms with Crippen LogP contribution in [-0.4, -0.2) is 28.5 Å². The molecule has 1 atom stereocenters. The fraction of sp³-hybridized carbons (Fsp3) is 0.412. The summed E-state index contributed by atoms with van der Waals surface area (Å²) in [5, 5.41) is 7.83. The predicted octanol–water partition coefficient (Wildman–Crippen LogP) is 2.53. The van der Waals surface area contributed by atoms with Crippen molar-refractivity contribution in [3.8, 4) is 0 Å². The molecule has 5 nitrogen and oxygen atoms in total. The molecule has 1 aromatic heterocycles. The maximum absolute atomic E-state index is 12.1. The molecule has 0 radical (unpaired) electrons. The summed E-state index contributed by atoms with van der Waals surface area (Å²) in [6.07, 6.45) is 4.29. The largest absolute Gasteiger partial charge is 0.443 e. The number of nitrogens with one attached hydrogen (secondary N) is 1. The van der Waals surface area contributed by atoms with E-state index < -0.39 is 6.09 Å². The minimum absolute atomic E-state index is 0.268. The molecule has 1 aromatic carbocycles. The molecule has 0 spiro atoms. The van der Waals surface area contributed by atoms with Crippen molar-refractivity contribution in [2.45, 2.75) is 38.8 Å². The van der Waals surface area contributed by atoms with E-state index in [1.807, 2.05) is 36.5 Å². The van der Waals surface area contributed by atoms with Crippen LogP contribution in [0.2, 0.25) is 0 Å². The van der Waals surface area contributed by atoms with Gasteiger partial charge in [0.2, 0.25) is 0 Å². The first-order chi connectivity index (χ1) is 10.8. The number of aromatic nitrogens is 2. The second-order valence-electron chi connectivity index (χ2n) is 5.58. The molecule has 22 heavy (non-hydrogen) atoms. The average molecular weight is 299 g/mol. The van der Waals surface area contributed by atoms with Crippen molar-refractivity contribution in [1.82, 2.24) is 15.1 Å². The Bertz CT molecular complexity index is 637. The van der Waals surface area contributed by atoms with Crippen LogP contribution in [0.3, 0.4) is 0 Å². The zero-order valence-corrected chi connectivity index (χ0v) is 12.8. The van der Waals surface area contributed by atoms with Crippen molar-refractivity contribution in [3.63, 3.8) is 0 Å². The Morgan fingerprint density at radius 2 is 2.23 bits per heavy atom. The van der Waals surface area contributed by atoms with Crippen molar-refractivity contribution in [2.24, 2.45) is 0 Å². The highest BCUT2D eigenvalue weighted by Gasteiger charge is 2.22. The zero-order chi connectivity index (χ0) is 15.4. The van der Waals surface area contributed by atoms with E-state index in [0.717, 1.165) is 42.6 Å². The van der Waals surface area contributed by atoms with E-state index >= 15 is 0 Å². The van der Waals surface area contributed by atoms with E-state index in [1.165, 1.54) is 4.68 Å². The summed E-state index contributed by atoms with van der Waals surface area (Å²) < 4.78 is 6.65. The van der Waals surface area contributed by atoms with Gasteiger partial charge < -0.3 is 10.1 Å². The molecule has 0 bridgehead atoms. The lowest BCUT2D eigenvalue weighted by Gasteiger charge is -2.21. The third kappa shape index (κ3) is 3.36. The lowest BCUT2D eigenvalue weighted by Crippen LogP contribution is -2.33. The summed E-state index contributed by atoms with van der Waals surface area (Å²) in [6, 6.07) is 10.1. The molecule has 1 aliphatic carbocycles. The first-order valence-corrected chi connectivity index (χ1v) is 7.78. The number of hydrogen-bond donors (Lipinski definition) is 1. The molecule has 1 unspecified atom stereocenters. The number of aryl methyl sites for hydroxylation is 1. The maximum atomic E-state index is 12.1. The van der Waals surface area contributed by atoms with Gasteiger partial charge in [-0.15, -0.1) is 0 Å². The SMILES string of the molecule is CCNC1CCc2nn(C(=O)OCc3ccccc3)cc2C1. The second-order valence-corrected chi connectivity index (χ2v) is 5.58. The topological polar surface area (TPSA) is 56.2 Å². The highest BCUT2D eigenvalue weighted by Crippen LogP contribution is 2.20. The molecule has 0 aliphatic heterocycles. The highest BCUT2D eigenvalue weighted by atomic mass is 16.6. The van der Waals surface area contributed by atoms with Gasteiger partial charge in [0.05, 0.1) is 5.69 Å². The molecule has 0 saturated heterocycles.